The van der Waals surface area contributed by atoms with Crippen LogP contribution in [0.15, 0.2) is 23.1 Å². The Bertz CT molecular complexity index is 621. The van der Waals surface area contributed by atoms with Crippen molar-refractivity contribution < 1.29 is 28.5 Å². The van der Waals surface area contributed by atoms with Crippen molar-refractivity contribution >= 4 is 16.0 Å². The highest BCUT2D eigenvalue weighted by Crippen LogP contribution is 2.22. The van der Waals surface area contributed by atoms with Crippen LogP contribution in [0.2, 0.25) is 0 Å². The van der Waals surface area contributed by atoms with Crippen molar-refractivity contribution in [3.63, 3.8) is 0 Å². The average Bonchev–Trinajstić information content (AvgIpc) is 2.27. The zero-order valence-corrected chi connectivity index (χ0v) is 12.1. The van der Waals surface area contributed by atoms with Gasteiger partial charge in [-0.25, -0.2) is 17.9 Å². The number of hydrogen-bond acceptors (Lipinski definition) is 5. The lowest BCUT2D eigenvalue weighted by molar-refractivity contribution is 0.0693. The molecule has 4 N–H and O–H groups in total. The van der Waals surface area contributed by atoms with Crippen molar-refractivity contribution in [1.82, 2.24) is 4.72 Å². The zero-order valence-electron chi connectivity index (χ0n) is 11.3. The van der Waals surface area contributed by atoms with Crippen LogP contribution in [-0.4, -0.2) is 41.3 Å². The van der Waals surface area contributed by atoms with Gasteiger partial charge >= 0.3 is 5.97 Å². The van der Waals surface area contributed by atoms with Gasteiger partial charge in [0.05, 0.1) is 16.5 Å². The third-order valence-corrected chi connectivity index (χ3v) is 4.62. The molecule has 0 aliphatic carbocycles. The van der Waals surface area contributed by atoms with E-state index in [9.17, 15) is 23.4 Å². The van der Waals surface area contributed by atoms with Gasteiger partial charge in [-0.1, -0.05) is 0 Å². The highest BCUT2D eigenvalue weighted by atomic mass is 32.2. The first kappa shape index (κ1) is 16.4. The van der Waals surface area contributed by atoms with E-state index in [2.05, 4.69) is 4.72 Å². The van der Waals surface area contributed by atoms with Gasteiger partial charge in [0.2, 0.25) is 10.0 Å². The molecule has 8 heteroatoms. The SMILES string of the molecule is CC(O)C(C)(C)NS(=O)(=O)c1ccc(O)c(C(=O)O)c1. The van der Waals surface area contributed by atoms with Crippen molar-refractivity contribution in [2.45, 2.75) is 37.3 Å². The van der Waals surface area contributed by atoms with E-state index in [1.165, 1.54) is 20.8 Å². The molecule has 0 radical (unpaired) electrons. The summed E-state index contributed by atoms with van der Waals surface area (Å²) in [5.74, 6) is -1.96. The van der Waals surface area contributed by atoms with Crippen LogP contribution >= 0.6 is 0 Å². The molecule has 0 aliphatic heterocycles. The molecule has 1 aromatic rings. The molecule has 1 rings (SSSR count). The normalized spacial score (nSPS) is 14.0. The third kappa shape index (κ3) is 3.47. The van der Waals surface area contributed by atoms with Crippen LogP contribution in [0.5, 0.6) is 5.75 Å². The lowest BCUT2D eigenvalue weighted by Gasteiger charge is -2.28. The minimum absolute atomic E-state index is 0.304. The molecule has 0 spiro atoms. The maximum absolute atomic E-state index is 12.1. The minimum Gasteiger partial charge on any atom is -0.507 e. The summed E-state index contributed by atoms with van der Waals surface area (Å²) in [5.41, 5.74) is -1.64. The Kier molecular flexibility index (Phi) is 4.42. The highest BCUT2D eigenvalue weighted by molar-refractivity contribution is 7.89. The van der Waals surface area contributed by atoms with E-state index in [0.29, 0.717) is 0 Å². The molecule has 20 heavy (non-hydrogen) atoms. The fourth-order valence-corrected chi connectivity index (χ4v) is 2.85. The van der Waals surface area contributed by atoms with Gasteiger partial charge in [-0.05, 0) is 39.0 Å². The number of carboxylic acids is 1. The minimum atomic E-state index is -4.02. The van der Waals surface area contributed by atoms with Gasteiger partial charge in [0, 0.05) is 0 Å². The number of hydrogen-bond donors (Lipinski definition) is 4. The standard InChI is InChI=1S/C12H17NO6S/c1-7(14)12(2,3)13-20(18,19)8-4-5-10(15)9(6-8)11(16)17/h4-7,13-15H,1-3H3,(H,16,17). The molecule has 0 bridgehead atoms. The summed E-state index contributed by atoms with van der Waals surface area (Å²) in [4.78, 5) is 10.6. The van der Waals surface area contributed by atoms with Crippen LogP contribution < -0.4 is 4.72 Å². The van der Waals surface area contributed by atoms with Gasteiger partial charge in [-0.3, -0.25) is 0 Å². The zero-order chi connectivity index (χ0) is 15.7. The van der Waals surface area contributed by atoms with Crippen molar-refractivity contribution in [1.29, 1.82) is 0 Å². The maximum Gasteiger partial charge on any atom is 0.339 e. The number of carboxylic acid groups (broad SMARTS) is 1. The summed E-state index contributed by atoms with van der Waals surface area (Å²) in [7, 11) is -4.02. The molecule has 0 aliphatic rings. The Hall–Kier alpha value is -1.64. The second-order valence-electron chi connectivity index (χ2n) is 4.99. The molecule has 1 unspecified atom stereocenters. The molecule has 0 saturated carbocycles. The first-order valence-corrected chi connectivity index (χ1v) is 7.24. The summed E-state index contributed by atoms with van der Waals surface area (Å²) in [5, 5.41) is 27.7. The average molecular weight is 303 g/mol. The van der Waals surface area contributed by atoms with E-state index in [4.69, 9.17) is 5.11 Å². The predicted octanol–water partition coefficient (Wildman–Crippen LogP) is 0.528. The van der Waals surface area contributed by atoms with Gasteiger partial charge in [-0.2, -0.15) is 0 Å². The van der Waals surface area contributed by atoms with Crippen molar-refractivity contribution in [2.75, 3.05) is 0 Å². The smallest absolute Gasteiger partial charge is 0.339 e. The van der Waals surface area contributed by atoms with E-state index in [1.54, 1.807) is 0 Å². The summed E-state index contributed by atoms with van der Waals surface area (Å²) < 4.78 is 26.6. The number of aliphatic hydroxyl groups is 1. The fraction of sp³-hybridized carbons (Fsp3) is 0.417. The number of aliphatic hydroxyl groups excluding tert-OH is 1. The van der Waals surface area contributed by atoms with Crippen LogP contribution in [0.25, 0.3) is 0 Å². The lowest BCUT2D eigenvalue weighted by atomic mass is 10.0. The summed E-state index contributed by atoms with van der Waals surface area (Å²) in [6.07, 6.45) is -0.951. The number of aromatic carboxylic acids is 1. The Balaban J connectivity index is 3.24. The molecular formula is C12H17NO6S. The molecular weight excluding hydrogens is 286 g/mol. The number of benzene rings is 1. The molecule has 0 aromatic heterocycles. The predicted molar refractivity (Wildman–Crippen MR) is 71.1 cm³/mol. The maximum atomic E-state index is 12.1. The van der Waals surface area contributed by atoms with Gasteiger partial charge < -0.3 is 15.3 Å². The van der Waals surface area contributed by atoms with Crippen molar-refractivity contribution in [3.8, 4) is 5.75 Å². The highest BCUT2D eigenvalue weighted by Gasteiger charge is 2.31. The molecule has 7 nitrogen and oxygen atoms in total. The second kappa shape index (κ2) is 5.39. The Labute approximate surface area is 116 Å². The third-order valence-electron chi connectivity index (χ3n) is 2.95. The van der Waals surface area contributed by atoms with E-state index in [-0.39, 0.29) is 4.90 Å². The Morgan fingerprint density at radius 1 is 1.35 bits per heavy atom. The Morgan fingerprint density at radius 2 is 1.90 bits per heavy atom. The van der Waals surface area contributed by atoms with Gasteiger partial charge in [0.1, 0.15) is 11.3 Å². The van der Waals surface area contributed by atoms with Crippen LogP contribution in [-0.2, 0) is 10.0 Å². The molecule has 1 aromatic carbocycles. The topological polar surface area (TPSA) is 124 Å². The van der Waals surface area contributed by atoms with E-state index >= 15 is 0 Å². The molecule has 1 atom stereocenters. The summed E-state index contributed by atoms with van der Waals surface area (Å²) in [6.45, 7) is 4.42. The molecule has 0 fully saturated rings. The quantitative estimate of drug-likeness (QED) is 0.629. The number of nitrogens with one attached hydrogen (secondary N) is 1. The first-order valence-electron chi connectivity index (χ1n) is 5.76. The van der Waals surface area contributed by atoms with Crippen LogP contribution in [0.4, 0.5) is 0 Å². The van der Waals surface area contributed by atoms with Crippen LogP contribution in [0.3, 0.4) is 0 Å². The summed E-state index contributed by atoms with van der Waals surface area (Å²) in [6, 6.07) is 2.94. The largest absolute Gasteiger partial charge is 0.507 e. The summed E-state index contributed by atoms with van der Waals surface area (Å²) >= 11 is 0. The number of aromatic hydroxyl groups is 1. The molecule has 0 heterocycles. The van der Waals surface area contributed by atoms with Crippen molar-refractivity contribution in [3.05, 3.63) is 23.8 Å². The number of phenols is 1. The second-order valence-corrected chi connectivity index (χ2v) is 6.67. The van der Waals surface area contributed by atoms with E-state index in [0.717, 1.165) is 18.2 Å². The van der Waals surface area contributed by atoms with Crippen LogP contribution in [0, 0.1) is 0 Å². The number of rotatable bonds is 5. The molecule has 0 saturated heterocycles. The van der Waals surface area contributed by atoms with E-state index in [1.807, 2.05) is 0 Å². The Morgan fingerprint density at radius 3 is 2.35 bits per heavy atom. The van der Waals surface area contributed by atoms with Crippen LogP contribution in [0.1, 0.15) is 31.1 Å². The lowest BCUT2D eigenvalue weighted by Crippen LogP contribution is -2.50. The van der Waals surface area contributed by atoms with Gasteiger partial charge in [-0.15, -0.1) is 0 Å². The van der Waals surface area contributed by atoms with Gasteiger partial charge in [0.25, 0.3) is 0 Å². The van der Waals surface area contributed by atoms with Crippen molar-refractivity contribution in [2.24, 2.45) is 0 Å². The fourth-order valence-electron chi connectivity index (χ4n) is 1.34. The first-order chi connectivity index (χ1) is 8.97. The monoisotopic (exact) mass is 303 g/mol. The van der Waals surface area contributed by atoms with Gasteiger partial charge in [0.15, 0.2) is 0 Å². The van der Waals surface area contributed by atoms with E-state index < -0.39 is 38.9 Å². The number of carbonyl (C=O) groups is 1. The molecule has 0 amide bonds. The number of sulfonamides is 1. The molecule has 112 valence electrons.